The van der Waals surface area contributed by atoms with E-state index in [1.165, 1.54) is 0 Å². The number of carbonyl (C=O) groups is 1. The highest BCUT2D eigenvalue weighted by atomic mass is 35.5. The molecule has 0 N–H and O–H groups in total. The van der Waals surface area contributed by atoms with E-state index in [1.54, 1.807) is 12.1 Å². The third-order valence-electron chi connectivity index (χ3n) is 4.53. The minimum absolute atomic E-state index is 0.0737. The molecular weight excluding hydrogens is 354 g/mol. The van der Waals surface area contributed by atoms with Gasteiger partial charge < -0.3 is 4.90 Å². The molecule has 0 aliphatic carbocycles. The van der Waals surface area contributed by atoms with E-state index in [1.807, 2.05) is 96.8 Å². The average molecular weight is 376 g/mol. The summed E-state index contributed by atoms with van der Waals surface area (Å²) >= 11 is 6.28. The molecule has 3 heteroatoms. The first-order valence-corrected chi connectivity index (χ1v) is 9.36. The van der Waals surface area contributed by atoms with Crippen molar-refractivity contribution in [2.24, 2.45) is 0 Å². The van der Waals surface area contributed by atoms with Crippen LogP contribution in [0.2, 0.25) is 5.02 Å². The lowest BCUT2D eigenvalue weighted by atomic mass is 10.1. The van der Waals surface area contributed by atoms with Crippen molar-refractivity contribution in [2.45, 2.75) is 13.0 Å². The monoisotopic (exact) mass is 375 g/mol. The fourth-order valence-corrected chi connectivity index (χ4v) is 3.20. The van der Waals surface area contributed by atoms with Crippen LogP contribution in [0.4, 0.5) is 0 Å². The van der Waals surface area contributed by atoms with Gasteiger partial charge in [-0.2, -0.15) is 0 Å². The second-order valence-electron chi connectivity index (χ2n) is 6.34. The molecule has 3 aromatic rings. The van der Waals surface area contributed by atoms with Crippen LogP contribution in [0.15, 0.2) is 91.0 Å². The van der Waals surface area contributed by atoms with Gasteiger partial charge in [0.25, 0.3) is 5.91 Å². The number of carbonyl (C=O) groups excluding carboxylic acids is 1. The lowest BCUT2D eigenvalue weighted by Gasteiger charge is -2.29. The summed E-state index contributed by atoms with van der Waals surface area (Å²) in [6.45, 7) is 2.54. The van der Waals surface area contributed by atoms with Crippen LogP contribution in [-0.4, -0.2) is 17.4 Å². The standard InChI is InChI=1S/C24H22ClNO/c1-19(21-14-6-3-7-15-21)26(18-10-13-20-11-4-2-5-12-20)24(27)22-16-8-9-17-23(22)25/h2-17,19H,18H2,1H3/b13-10+. The van der Waals surface area contributed by atoms with E-state index >= 15 is 0 Å². The van der Waals surface area contributed by atoms with E-state index in [0.29, 0.717) is 17.1 Å². The van der Waals surface area contributed by atoms with Gasteiger partial charge in [-0.15, -0.1) is 0 Å². The number of halogens is 1. The Balaban J connectivity index is 1.87. The summed E-state index contributed by atoms with van der Waals surface area (Å²) in [5, 5.41) is 0.472. The van der Waals surface area contributed by atoms with Crippen molar-refractivity contribution in [1.82, 2.24) is 4.90 Å². The van der Waals surface area contributed by atoms with Crippen molar-refractivity contribution in [3.05, 3.63) is 113 Å². The van der Waals surface area contributed by atoms with Gasteiger partial charge in [-0.25, -0.2) is 0 Å². The average Bonchev–Trinajstić information content (AvgIpc) is 2.72. The molecular formula is C24H22ClNO. The van der Waals surface area contributed by atoms with Crippen LogP contribution in [0.5, 0.6) is 0 Å². The number of rotatable bonds is 6. The molecule has 1 atom stereocenters. The summed E-state index contributed by atoms with van der Waals surface area (Å²) in [6, 6.07) is 27.2. The topological polar surface area (TPSA) is 20.3 Å². The van der Waals surface area contributed by atoms with Gasteiger partial charge in [-0.05, 0) is 30.2 Å². The van der Waals surface area contributed by atoms with Crippen LogP contribution in [0.25, 0.3) is 6.08 Å². The van der Waals surface area contributed by atoms with Gasteiger partial charge in [0.15, 0.2) is 0 Å². The minimum atomic E-state index is -0.0744. The molecule has 0 heterocycles. The first-order valence-electron chi connectivity index (χ1n) is 8.99. The van der Waals surface area contributed by atoms with Crippen LogP contribution in [0, 0.1) is 0 Å². The molecule has 27 heavy (non-hydrogen) atoms. The maximum atomic E-state index is 13.2. The molecule has 1 amide bonds. The Morgan fingerprint density at radius 1 is 0.926 bits per heavy atom. The molecule has 0 saturated carbocycles. The normalized spacial score (nSPS) is 12.1. The lowest BCUT2D eigenvalue weighted by Crippen LogP contribution is -2.34. The Morgan fingerprint density at radius 3 is 2.19 bits per heavy atom. The molecule has 0 aliphatic rings. The molecule has 3 rings (SSSR count). The lowest BCUT2D eigenvalue weighted by molar-refractivity contribution is 0.0715. The van der Waals surface area contributed by atoms with E-state index < -0.39 is 0 Å². The quantitative estimate of drug-likeness (QED) is 0.498. The molecule has 0 radical (unpaired) electrons. The van der Waals surface area contributed by atoms with Crippen molar-refractivity contribution in [3.63, 3.8) is 0 Å². The van der Waals surface area contributed by atoms with Crippen molar-refractivity contribution in [3.8, 4) is 0 Å². The van der Waals surface area contributed by atoms with E-state index in [9.17, 15) is 4.79 Å². The molecule has 3 aromatic carbocycles. The first kappa shape index (κ1) is 18.9. The number of hydrogen-bond acceptors (Lipinski definition) is 1. The van der Waals surface area contributed by atoms with E-state index in [-0.39, 0.29) is 11.9 Å². The molecule has 1 unspecified atom stereocenters. The zero-order valence-electron chi connectivity index (χ0n) is 15.3. The van der Waals surface area contributed by atoms with Crippen LogP contribution in [0.1, 0.15) is 34.5 Å². The Morgan fingerprint density at radius 2 is 1.52 bits per heavy atom. The van der Waals surface area contributed by atoms with Gasteiger partial charge in [0, 0.05) is 6.54 Å². The van der Waals surface area contributed by atoms with Crippen LogP contribution >= 0.6 is 11.6 Å². The van der Waals surface area contributed by atoms with Crippen molar-refractivity contribution >= 4 is 23.6 Å². The van der Waals surface area contributed by atoms with Gasteiger partial charge in [0.1, 0.15) is 0 Å². The highest BCUT2D eigenvalue weighted by Crippen LogP contribution is 2.25. The smallest absolute Gasteiger partial charge is 0.256 e. The maximum Gasteiger partial charge on any atom is 0.256 e. The highest BCUT2D eigenvalue weighted by molar-refractivity contribution is 6.33. The number of hydrogen-bond donors (Lipinski definition) is 0. The predicted octanol–water partition coefficient (Wildman–Crippen LogP) is 6.26. The minimum Gasteiger partial charge on any atom is -0.328 e. The summed E-state index contributed by atoms with van der Waals surface area (Å²) in [5.74, 6) is -0.0744. The molecule has 136 valence electrons. The molecule has 0 saturated heterocycles. The third-order valence-corrected chi connectivity index (χ3v) is 4.86. The summed E-state index contributed by atoms with van der Waals surface area (Å²) < 4.78 is 0. The van der Waals surface area contributed by atoms with Gasteiger partial charge >= 0.3 is 0 Å². The molecule has 0 aromatic heterocycles. The Bertz CT molecular complexity index is 906. The van der Waals surface area contributed by atoms with Crippen molar-refractivity contribution < 1.29 is 4.79 Å². The second kappa shape index (κ2) is 9.20. The number of amides is 1. The summed E-state index contributed by atoms with van der Waals surface area (Å²) in [5.41, 5.74) is 2.72. The van der Waals surface area contributed by atoms with E-state index in [4.69, 9.17) is 11.6 Å². The molecule has 0 aliphatic heterocycles. The summed E-state index contributed by atoms with van der Waals surface area (Å²) in [6.07, 6.45) is 4.05. The number of nitrogens with zero attached hydrogens (tertiary/aromatic N) is 1. The van der Waals surface area contributed by atoms with Crippen molar-refractivity contribution in [1.29, 1.82) is 0 Å². The zero-order chi connectivity index (χ0) is 19.1. The van der Waals surface area contributed by atoms with Crippen LogP contribution < -0.4 is 0 Å². The Labute approximate surface area is 165 Å². The Hall–Kier alpha value is -2.84. The molecule has 2 nitrogen and oxygen atoms in total. The molecule has 0 fully saturated rings. The van der Waals surface area contributed by atoms with Crippen molar-refractivity contribution in [2.75, 3.05) is 6.54 Å². The van der Waals surface area contributed by atoms with Gasteiger partial charge in [-0.3, -0.25) is 4.79 Å². The SMILES string of the molecule is CC(c1ccccc1)N(C/C=C/c1ccccc1)C(=O)c1ccccc1Cl. The van der Waals surface area contributed by atoms with Crippen LogP contribution in [0.3, 0.4) is 0 Å². The molecule has 0 bridgehead atoms. The number of benzene rings is 3. The van der Waals surface area contributed by atoms with Crippen LogP contribution in [-0.2, 0) is 0 Å². The predicted molar refractivity (Wildman–Crippen MR) is 113 cm³/mol. The first-order chi connectivity index (χ1) is 13.2. The van der Waals surface area contributed by atoms with E-state index in [2.05, 4.69) is 0 Å². The fourth-order valence-electron chi connectivity index (χ4n) is 2.98. The van der Waals surface area contributed by atoms with E-state index in [0.717, 1.165) is 11.1 Å². The largest absolute Gasteiger partial charge is 0.328 e. The third kappa shape index (κ3) is 4.87. The second-order valence-corrected chi connectivity index (χ2v) is 6.74. The van der Waals surface area contributed by atoms with Gasteiger partial charge in [0.2, 0.25) is 0 Å². The summed E-state index contributed by atoms with van der Waals surface area (Å²) in [7, 11) is 0. The highest BCUT2D eigenvalue weighted by Gasteiger charge is 2.23. The molecule has 0 spiro atoms. The van der Waals surface area contributed by atoms with Gasteiger partial charge in [0.05, 0.1) is 16.6 Å². The fraction of sp³-hybridized carbons (Fsp3) is 0.125. The summed E-state index contributed by atoms with van der Waals surface area (Å²) in [4.78, 5) is 15.1. The zero-order valence-corrected chi connectivity index (χ0v) is 16.0. The Kier molecular flexibility index (Phi) is 6.45. The van der Waals surface area contributed by atoms with Gasteiger partial charge in [-0.1, -0.05) is 96.5 Å². The maximum absolute atomic E-state index is 13.2.